The van der Waals surface area contributed by atoms with Gasteiger partial charge in [-0.25, -0.2) is 0 Å². The summed E-state index contributed by atoms with van der Waals surface area (Å²) in [6.45, 7) is 0. The first-order valence-corrected chi connectivity index (χ1v) is 5.35. The van der Waals surface area contributed by atoms with Crippen LogP contribution in [-0.2, 0) is 0 Å². The smallest absolute Gasteiger partial charge is 0.197 e. The van der Waals surface area contributed by atoms with Crippen LogP contribution in [0.4, 0.5) is 0 Å². The Morgan fingerprint density at radius 1 is 1.54 bits per heavy atom. The molecule has 0 radical (unpaired) electrons. The third kappa shape index (κ3) is 3.32. The predicted molar refractivity (Wildman–Crippen MR) is 59.2 cm³/mol. The highest BCUT2D eigenvalue weighted by molar-refractivity contribution is 9.11. The van der Waals surface area contributed by atoms with Gasteiger partial charge in [-0.3, -0.25) is 4.79 Å². The largest absolute Gasteiger partial charge is 0.383 e. The van der Waals surface area contributed by atoms with Crippen LogP contribution in [0.2, 0.25) is 0 Å². The van der Waals surface area contributed by atoms with Crippen molar-refractivity contribution in [1.82, 2.24) is 4.90 Å². The zero-order chi connectivity index (χ0) is 9.84. The Morgan fingerprint density at radius 2 is 2.23 bits per heavy atom. The van der Waals surface area contributed by atoms with E-state index < -0.39 is 0 Å². The number of ketones is 1. The molecule has 0 spiro atoms. The summed E-state index contributed by atoms with van der Waals surface area (Å²) in [5.41, 5.74) is 0. The van der Waals surface area contributed by atoms with Gasteiger partial charge in [-0.15, -0.1) is 11.3 Å². The normalized spacial score (nSPS) is 10.7. The van der Waals surface area contributed by atoms with Crippen molar-refractivity contribution in [3.8, 4) is 0 Å². The van der Waals surface area contributed by atoms with Crippen LogP contribution >= 0.6 is 27.3 Å². The molecule has 13 heavy (non-hydrogen) atoms. The summed E-state index contributed by atoms with van der Waals surface area (Å²) >= 11 is 4.76. The molecule has 0 unspecified atom stereocenters. The Bertz CT molecular complexity index is 330. The molecular formula is C9H10BrNOS. The summed E-state index contributed by atoms with van der Waals surface area (Å²) < 4.78 is 0.981. The first kappa shape index (κ1) is 10.5. The monoisotopic (exact) mass is 259 g/mol. The number of nitrogens with zero attached hydrogens (tertiary/aromatic N) is 1. The summed E-state index contributed by atoms with van der Waals surface area (Å²) in [7, 11) is 3.77. The van der Waals surface area contributed by atoms with E-state index in [4.69, 9.17) is 0 Å². The Kier molecular flexibility index (Phi) is 3.69. The molecule has 1 aromatic rings. The van der Waals surface area contributed by atoms with Crippen LogP contribution in [-0.4, -0.2) is 24.8 Å². The molecule has 0 aliphatic rings. The lowest BCUT2D eigenvalue weighted by molar-refractivity contribution is 0.104. The summed E-state index contributed by atoms with van der Waals surface area (Å²) in [4.78, 5) is 14.0. The zero-order valence-corrected chi connectivity index (χ0v) is 9.85. The van der Waals surface area contributed by atoms with Crippen molar-refractivity contribution in [2.75, 3.05) is 14.1 Å². The molecule has 1 heterocycles. The molecule has 2 nitrogen and oxygen atoms in total. The third-order valence-corrected chi connectivity index (χ3v) is 2.98. The van der Waals surface area contributed by atoms with Crippen molar-refractivity contribution < 1.29 is 4.79 Å². The minimum Gasteiger partial charge on any atom is -0.383 e. The quantitative estimate of drug-likeness (QED) is 0.615. The van der Waals surface area contributed by atoms with Crippen LogP contribution in [0.25, 0.3) is 0 Å². The maximum Gasteiger partial charge on any atom is 0.197 e. The average molecular weight is 260 g/mol. The lowest BCUT2D eigenvalue weighted by Gasteiger charge is -2.01. The van der Waals surface area contributed by atoms with Crippen LogP contribution < -0.4 is 0 Å². The van der Waals surface area contributed by atoms with Gasteiger partial charge in [0.05, 0.1) is 8.66 Å². The minimum atomic E-state index is 0.0457. The Labute approximate surface area is 90.0 Å². The number of carbonyl (C=O) groups is 1. The van der Waals surface area contributed by atoms with Crippen molar-refractivity contribution in [3.05, 3.63) is 33.1 Å². The number of carbonyl (C=O) groups excluding carboxylic acids is 1. The van der Waals surface area contributed by atoms with E-state index in [1.807, 2.05) is 31.1 Å². The Balaban J connectivity index is 2.69. The van der Waals surface area contributed by atoms with Crippen molar-refractivity contribution in [2.45, 2.75) is 0 Å². The van der Waals surface area contributed by atoms with E-state index in [-0.39, 0.29) is 5.78 Å². The molecule has 0 fully saturated rings. The molecular weight excluding hydrogens is 250 g/mol. The van der Waals surface area contributed by atoms with E-state index in [0.29, 0.717) is 0 Å². The molecule has 0 aliphatic carbocycles. The summed E-state index contributed by atoms with van der Waals surface area (Å²) in [6, 6.07) is 3.69. The molecule has 4 heteroatoms. The molecule has 0 saturated heterocycles. The fourth-order valence-corrected chi connectivity index (χ4v) is 2.05. The molecule has 0 atom stereocenters. The predicted octanol–water partition coefficient (Wildman–Crippen LogP) is 2.77. The molecule has 0 aliphatic heterocycles. The van der Waals surface area contributed by atoms with E-state index in [1.165, 1.54) is 11.3 Å². The standard InChI is InChI=1S/C9H10BrNOS/c1-11(2)6-5-7(12)8-3-4-9(10)13-8/h3-6H,1-2H3. The second-order valence-corrected chi connectivity index (χ2v) is 5.21. The number of hydrogen-bond donors (Lipinski definition) is 0. The minimum absolute atomic E-state index is 0.0457. The topological polar surface area (TPSA) is 20.3 Å². The van der Waals surface area contributed by atoms with Crippen molar-refractivity contribution >= 4 is 33.0 Å². The van der Waals surface area contributed by atoms with Gasteiger partial charge in [-0.2, -0.15) is 0 Å². The summed E-state index contributed by atoms with van der Waals surface area (Å²) in [5.74, 6) is 0.0457. The van der Waals surface area contributed by atoms with Crippen LogP contribution in [0.15, 0.2) is 28.2 Å². The van der Waals surface area contributed by atoms with Gasteiger partial charge >= 0.3 is 0 Å². The summed E-state index contributed by atoms with van der Waals surface area (Å²) in [6.07, 6.45) is 3.31. The molecule has 0 saturated carbocycles. The SMILES string of the molecule is CN(C)C=CC(=O)c1ccc(Br)s1. The van der Waals surface area contributed by atoms with E-state index in [2.05, 4.69) is 15.9 Å². The number of allylic oxidation sites excluding steroid dienone is 1. The van der Waals surface area contributed by atoms with Gasteiger partial charge in [0.15, 0.2) is 5.78 Å². The number of thiophene rings is 1. The maximum absolute atomic E-state index is 11.4. The molecule has 0 bridgehead atoms. The molecule has 1 rings (SSSR count). The first-order valence-electron chi connectivity index (χ1n) is 3.74. The maximum atomic E-state index is 11.4. The third-order valence-electron chi connectivity index (χ3n) is 1.34. The molecule has 0 N–H and O–H groups in total. The van der Waals surface area contributed by atoms with Gasteiger partial charge in [0, 0.05) is 26.4 Å². The number of hydrogen-bond acceptors (Lipinski definition) is 3. The molecule has 1 aromatic heterocycles. The Hall–Kier alpha value is -0.610. The van der Waals surface area contributed by atoms with E-state index >= 15 is 0 Å². The van der Waals surface area contributed by atoms with Crippen LogP contribution in [0.1, 0.15) is 9.67 Å². The van der Waals surface area contributed by atoms with Gasteiger partial charge < -0.3 is 4.90 Å². The van der Waals surface area contributed by atoms with E-state index in [1.54, 1.807) is 12.3 Å². The number of halogens is 1. The van der Waals surface area contributed by atoms with Crippen LogP contribution in [0.3, 0.4) is 0 Å². The fraction of sp³-hybridized carbons (Fsp3) is 0.222. The molecule has 0 aromatic carbocycles. The van der Waals surface area contributed by atoms with Crippen molar-refractivity contribution in [1.29, 1.82) is 0 Å². The van der Waals surface area contributed by atoms with Gasteiger partial charge in [-0.05, 0) is 28.1 Å². The van der Waals surface area contributed by atoms with Gasteiger partial charge in [0.25, 0.3) is 0 Å². The number of rotatable bonds is 3. The molecule has 70 valence electrons. The fourth-order valence-electron chi connectivity index (χ4n) is 0.746. The van der Waals surface area contributed by atoms with E-state index in [9.17, 15) is 4.79 Å². The second-order valence-electron chi connectivity index (χ2n) is 2.75. The van der Waals surface area contributed by atoms with Crippen LogP contribution in [0, 0.1) is 0 Å². The lowest BCUT2D eigenvalue weighted by Crippen LogP contribution is -2.02. The van der Waals surface area contributed by atoms with Crippen LogP contribution in [0.5, 0.6) is 0 Å². The first-order chi connectivity index (χ1) is 6.09. The summed E-state index contributed by atoms with van der Waals surface area (Å²) in [5, 5.41) is 0. The highest BCUT2D eigenvalue weighted by atomic mass is 79.9. The van der Waals surface area contributed by atoms with Gasteiger partial charge in [0.2, 0.25) is 0 Å². The Morgan fingerprint density at radius 3 is 2.69 bits per heavy atom. The lowest BCUT2D eigenvalue weighted by atomic mass is 10.3. The zero-order valence-electron chi connectivity index (χ0n) is 7.45. The highest BCUT2D eigenvalue weighted by Crippen LogP contribution is 2.22. The molecule has 0 amide bonds. The average Bonchev–Trinajstić information content (AvgIpc) is 2.47. The van der Waals surface area contributed by atoms with Crippen molar-refractivity contribution in [3.63, 3.8) is 0 Å². The van der Waals surface area contributed by atoms with Gasteiger partial charge in [-0.1, -0.05) is 0 Å². The highest BCUT2D eigenvalue weighted by Gasteiger charge is 2.04. The van der Waals surface area contributed by atoms with Crippen molar-refractivity contribution in [2.24, 2.45) is 0 Å². The second kappa shape index (κ2) is 4.58. The van der Waals surface area contributed by atoms with E-state index in [0.717, 1.165) is 8.66 Å². The van der Waals surface area contributed by atoms with Gasteiger partial charge in [0.1, 0.15) is 0 Å².